The van der Waals surface area contributed by atoms with E-state index in [-0.39, 0.29) is 0 Å². The average Bonchev–Trinajstić information content (AvgIpc) is 1.86. The maximum absolute atomic E-state index is 3.64. The molecule has 1 rings (SSSR count). The predicted molar refractivity (Wildman–Crippen MR) is 27.7 cm³/mol. The second-order valence-corrected chi connectivity index (χ2v) is 1.89. The van der Waals surface area contributed by atoms with Crippen molar-refractivity contribution in [3.8, 4) is 0 Å². The van der Waals surface area contributed by atoms with Gasteiger partial charge in [-0.2, -0.15) is 0 Å². The van der Waals surface area contributed by atoms with Crippen LogP contribution in [-0.2, 0) is 0 Å². The molecule has 0 saturated heterocycles. The highest BCUT2D eigenvalue weighted by molar-refractivity contribution is 8.01. The van der Waals surface area contributed by atoms with Gasteiger partial charge in [0.2, 0.25) is 0 Å². The van der Waals surface area contributed by atoms with E-state index in [1.54, 1.807) is 0 Å². The first-order valence-corrected chi connectivity index (χ1v) is 2.41. The Kier molecular flexibility index (Phi) is 0.881. The molecule has 0 spiro atoms. The van der Waals surface area contributed by atoms with Gasteiger partial charge in [0.05, 0.1) is 6.20 Å². The van der Waals surface area contributed by atoms with Gasteiger partial charge in [-0.05, 0) is 18.0 Å². The molecule has 0 aromatic carbocycles. The second-order valence-electron chi connectivity index (χ2n) is 0.959. The zero-order valence-electron chi connectivity index (χ0n) is 3.19. The summed E-state index contributed by atoms with van der Waals surface area (Å²) in [4.78, 5) is 1.02. The zero-order chi connectivity index (χ0) is 4.41. The van der Waals surface area contributed by atoms with Gasteiger partial charge < -0.3 is 4.72 Å². The minimum atomic E-state index is 1.02. The molecular weight excluding hydrogens is 94.1 g/mol. The highest BCUT2D eigenvalue weighted by Gasteiger charge is 1.91. The van der Waals surface area contributed by atoms with Crippen molar-refractivity contribution >= 4 is 11.9 Å². The van der Waals surface area contributed by atoms with E-state index in [1.165, 1.54) is 11.9 Å². The summed E-state index contributed by atoms with van der Waals surface area (Å²) in [5, 5.41) is 0. The van der Waals surface area contributed by atoms with E-state index in [0.29, 0.717) is 0 Å². The summed E-state index contributed by atoms with van der Waals surface area (Å²) in [6.07, 6.45) is 4.57. The molecule has 2 heteroatoms. The van der Waals surface area contributed by atoms with Crippen LogP contribution in [0.1, 0.15) is 0 Å². The van der Waals surface area contributed by atoms with Crippen molar-refractivity contribution in [1.29, 1.82) is 0 Å². The third-order valence-electron chi connectivity index (χ3n) is 0.474. The van der Waals surface area contributed by atoms with Gasteiger partial charge in [0.1, 0.15) is 0 Å². The molecule has 1 nitrogen and oxygen atoms in total. The maximum atomic E-state index is 3.64. The SMILES string of the molecule is C=C1C=[C]NS1. The van der Waals surface area contributed by atoms with Gasteiger partial charge in [-0.25, -0.2) is 0 Å². The minimum Gasteiger partial charge on any atom is -0.324 e. The van der Waals surface area contributed by atoms with E-state index in [2.05, 4.69) is 17.5 Å². The Morgan fingerprint density at radius 2 is 2.83 bits per heavy atom. The average molecular weight is 98.2 g/mol. The topological polar surface area (TPSA) is 12.0 Å². The Hall–Kier alpha value is -0.370. The summed E-state index contributed by atoms with van der Waals surface area (Å²) in [5.74, 6) is 0. The van der Waals surface area contributed by atoms with Crippen LogP contribution in [0.4, 0.5) is 0 Å². The fourth-order valence-electron chi connectivity index (χ4n) is 0.234. The van der Waals surface area contributed by atoms with Gasteiger partial charge >= 0.3 is 0 Å². The first-order chi connectivity index (χ1) is 2.89. The molecule has 0 aromatic heterocycles. The molecule has 0 atom stereocenters. The van der Waals surface area contributed by atoms with Crippen LogP contribution in [0.3, 0.4) is 0 Å². The molecule has 0 aromatic rings. The molecule has 0 aliphatic carbocycles. The van der Waals surface area contributed by atoms with E-state index in [9.17, 15) is 0 Å². The summed E-state index contributed by atoms with van der Waals surface area (Å²) in [6.45, 7) is 3.64. The first kappa shape index (κ1) is 3.81. The normalized spacial score (nSPS) is 18.3. The summed E-state index contributed by atoms with van der Waals surface area (Å²) in [5.41, 5.74) is 0. The number of rotatable bonds is 0. The number of hydrogen-bond donors (Lipinski definition) is 1. The van der Waals surface area contributed by atoms with Gasteiger partial charge in [-0.15, -0.1) is 0 Å². The third kappa shape index (κ3) is 0.571. The fraction of sp³-hybridized carbons (Fsp3) is 0. The lowest BCUT2D eigenvalue weighted by Gasteiger charge is -1.81. The van der Waals surface area contributed by atoms with E-state index in [4.69, 9.17) is 0 Å². The Labute approximate surface area is 41.3 Å². The quantitative estimate of drug-likeness (QED) is 0.455. The highest BCUT2D eigenvalue weighted by atomic mass is 32.2. The zero-order valence-corrected chi connectivity index (χ0v) is 4.01. The van der Waals surface area contributed by atoms with E-state index >= 15 is 0 Å². The number of allylic oxidation sites excluding steroid dienone is 1. The molecule has 6 heavy (non-hydrogen) atoms. The van der Waals surface area contributed by atoms with Gasteiger partial charge in [0.25, 0.3) is 0 Å². The van der Waals surface area contributed by atoms with Crippen LogP contribution < -0.4 is 4.72 Å². The molecule has 1 heterocycles. The molecule has 1 aliphatic rings. The maximum Gasteiger partial charge on any atom is 0.0698 e. The first-order valence-electron chi connectivity index (χ1n) is 1.59. The van der Waals surface area contributed by atoms with E-state index in [1.807, 2.05) is 6.08 Å². The lowest BCUT2D eigenvalue weighted by atomic mass is 10.6. The van der Waals surface area contributed by atoms with Gasteiger partial charge in [-0.3, -0.25) is 0 Å². The van der Waals surface area contributed by atoms with Crippen LogP contribution in [0.15, 0.2) is 17.6 Å². The lowest BCUT2D eigenvalue weighted by Crippen LogP contribution is -1.79. The second kappa shape index (κ2) is 1.39. The molecule has 0 unspecified atom stereocenters. The van der Waals surface area contributed by atoms with Gasteiger partial charge in [0, 0.05) is 4.91 Å². The van der Waals surface area contributed by atoms with Gasteiger partial charge in [0.15, 0.2) is 0 Å². The minimum absolute atomic E-state index is 1.02. The van der Waals surface area contributed by atoms with Crippen LogP contribution in [-0.4, -0.2) is 0 Å². The highest BCUT2D eigenvalue weighted by Crippen LogP contribution is 2.13. The molecule has 1 aliphatic heterocycles. The standard InChI is InChI=1S/C4H4NS/c1-4-2-3-5-6-4/h2,5H,1H2. The Bertz CT molecular complexity index is 95.7. The molecule has 0 fully saturated rings. The van der Waals surface area contributed by atoms with Crippen molar-refractivity contribution < 1.29 is 0 Å². The van der Waals surface area contributed by atoms with Crippen molar-refractivity contribution in [2.45, 2.75) is 0 Å². The third-order valence-corrected chi connectivity index (χ3v) is 1.07. The van der Waals surface area contributed by atoms with Gasteiger partial charge in [-0.1, -0.05) is 6.58 Å². The summed E-state index contributed by atoms with van der Waals surface area (Å²) >= 11 is 1.49. The predicted octanol–water partition coefficient (Wildman–Crippen LogP) is 1.07. The van der Waals surface area contributed by atoms with Crippen molar-refractivity contribution in [2.24, 2.45) is 0 Å². The molecule has 1 N–H and O–H groups in total. The van der Waals surface area contributed by atoms with Crippen molar-refractivity contribution in [3.05, 3.63) is 23.8 Å². The molecule has 0 amide bonds. The van der Waals surface area contributed by atoms with Crippen LogP contribution >= 0.6 is 11.9 Å². The van der Waals surface area contributed by atoms with Crippen molar-refractivity contribution in [3.63, 3.8) is 0 Å². The summed E-state index contributed by atoms with van der Waals surface area (Å²) in [6, 6.07) is 0. The molecule has 0 saturated carbocycles. The molecule has 1 radical (unpaired) electrons. The number of hydrogen-bond acceptors (Lipinski definition) is 2. The Morgan fingerprint density at radius 3 is 3.00 bits per heavy atom. The number of nitrogens with one attached hydrogen (secondary N) is 1. The van der Waals surface area contributed by atoms with Crippen LogP contribution in [0.2, 0.25) is 0 Å². The van der Waals surface area contributed by atoms with Crippen LogP contribution in [0.25, 0.3) is 0 Å². The summed E-state index contributed by atoms with van der Waals surface area (Å²) in [7, 11) is 0. The summed E-state index contributed by atoms with van der Waals surface area (Å²) < 4.78 is 2.78. The Balaban J connectivity index is 2.59. The molecular formula is C4H4NS. The van der Waals surface area contributed by atoms with Crippen LogP contribution in [0, 0.1) is 6.20 Å². The Morgan fingerprint density at radius 1 is 2.00 bits per heavy atom. The van der Waals surface area contributed by atoms with Crippen molar-refractivity contribution in [1.82, 2.24) is 4.72 Å². The largest absolute Gasteiger partial charge is 0.324 e. The molecule has 0 bridgehead atoms. The fourth-order valence-corrected chi connectivity index (χ4v) is 0.601. The molecule has 31 valence electrons. The van der Waals surface area contributed by atoms with E-state index < -0.39 is 0 Å². The van der Waals surface area contributed by atoms with E-state index in [0.717, 1.165) is 4.91 Å². The van der Waals surface area contributed by atoms with Crippen molar-refractivity contribution in [2.75, 3.05) is 0 Å². The lowest BCUT2D eigenvalue weighted by molar-refractivity contribution is 1.39. The smallest absolute Gasteiger partial charge is 0.0698 e. The van der Waals surface area contributed by atoms with Crippen LogP contribution in [0.5, 0.6) is 0 Å². The monoisotopic (exact) mass is 98.0 g/mol.